The third kappa shape index (κ3) is 4.94. The molecule has 34 heavy (non-hydrogen) atoms. The first-order chi connectivity index (χ1) is 16.6. The molecule has 2 aromatic rings. The molecule has 0 radical (unpaired) electrons. The molecule has 0 aromatic heterocycles. The maximum atomic E-state index is 11.3. The molecule has 2 N–H and O–H groups in total. The van der Waals surface area contributed by atoms with Crippen molar-refractivity contribution in [3.63, 3.8) is 0 Å². The molecule has 8 nitrogen and oxygen atoms in total. The van der Waals surface area contributed by atoms with Gasteiger partial charge in [0.05, 0.1) is 26.9 Å². The number of rotatable bonds is 8. The Balaban J connectivity index is 1.68. The van der Waals surface area contributed by atoms with E-state index in [0.29, 0.717) is 29.2 Å². The smallest absolute Gasteiger partial charge is 0.174 e. The monoisotopic (exact) mass is 467 g/mol. The summed E-state index contributed by atoms with van der Waals surface area (Å²) in [5.74, 6) is 1.76. The molecule has 2 aliphatic rings. The standard InChI is InChI=1S/C26H29NO7/c1-4-6-17-9-12-22(23(15-28)32-17)34-27-24-20-14-19(31-3)10-11-21(20)33-26(25(24)29)16-7-5-8-18(13-16)30-2/h4-5,7-14,17,22-23,25-26,28-29H,1,6,15H2,2-3H3/b27-24+/t17-,22+,23-,25+,26-/m1/s1. The summed E-state index contributed by atoms with van der Waals surface area (Å²) in [6, 6.07) is 12.6. The number of fused-ring (bicyclic) bond motifs is 1. The van der Waals surface area contributed by atoms with Gasteiger partial charge in [0.1, 0.15) is 35.2 Å². The molecule has 0 saturated carbocycles. The molecule has 8 heteroatoms. The number of hydrogen-bond donors (Lipinski definition) is 2. The molecule has 0 unspecified atom stereocenters. The van der Waals surface area contributed by atoms with Crippen LogP contribution in [0.2, 0.25) is 0 Å². The van der Waals surface area contributed by atoms with Gasteiger partial charge in [0.25, 0.3) is 0 Å². The lowest BCUT2D eigenvalue weighted by Crippen LogP contribution is -2.40. The number of hydrogen-bond acceptors (Lipinski definition) is 8. The van der Waals surface area contributed by atoms with Crippen LogP contribution in [0.4, 0.5) is 0 Å². The number of benzene rings is 2. The second-order valence-corrected chi connectivity index (χ2v) is 7.97. The first-order valence-corrected chi connectivity index (χ1v) is 11.0. The Labute approximate surface area is 198 Å². The Morgan fingerprint density at radius 1 is 1.09 bits per heavy atom. The average molecular weight is 468 g/mol. The fourth-order valence-electron chi connectivity index (χ4n) is 3.99. The van der Waals surface area contributed by atoms with Gasteiger partial charge in [0.15, 0.2) is 12.2 Å². The van der Waals surface area contributed by atoms with E-state index >= 15 is 0 Å². The minimum absolute atomic E-state index is 0.182. The van der Waals surface area contributed by atoms with Gasteiger partial charge in [-0.15, -0.1) is 6.58 Å². The van der Waals surface area contributed by atoms with Gasteiger partial charge in [-0.1, -0.05) is 29.4 Å². The lowest BCUT2D eigenvalue weighted by Gasteiger charge is -2.33. The van der Waals surface area contributed by atoms with Gasteiger partial charge in [0.2, 0.25) is 0 Å². The van der Waals surface area contributed by atoms with Crippen LogP contribution in [0, 0.1) is 0 Å². The number of ether oxygens (including phenoxy) is 4. The van der Waals surface area contributed by atoms with Crippen LogP contribution in [0.3, 0.4) is 0 Å². The molecule has 0 spiro atoms. The molecule has 2 heterocycles. The topological polar surface area (TPSA) is 99.0 Å². The highest BCUT2D eigenvalue weighted by atomic mass is 16.7. The van der Waals surface area contributed by atoms with Crippen molar-refractivity contribution in [3.05, 3.63) is 78.4 Å². The van der Waals surface area contributed by atoms with Crippen molar-refractivity contribution in [1.82, 2.24) is 0 Å². The molecule has 0 amide bonds. The van der Waals surface area contributed by atoms with Crippen LogP contribution in [0.15, 0.2) is 72.4 Å². The van der Waals surface area contributed by atoms with Crippen LogP contribution in [-0.4, -0.2) is 61.2 Å². The highest BCUT2D eigenvalue weighted by Gasteiger charge is 2.37. The van der Waals surface area contributed by atoms with Crippen LogP contribution in [0.5, 0.6) is 17.2 Å². The number of aliphatic hydroxyl groups excluding tert-OH is 2. The normalized spacial score (nSPS) is 26.9. The predicted octanol–water partition coefficient (Wildman–Crippen LogP) is 3.18. The Hall–Kier alpha value is -3.33. The van der Waals surface area contributed by atoms with Gasteiger partial charge in [-0.05, 0) is 48.4 Å². The Bertz CT molecular complexity index is 1070. The second-order valence-electron chi connectivity index (χ2n) is 7.97. The molecule has 5 atom stereocenters. The first-order valence-electron chi connectivity index (χ1n) is 11.0. The molecule has 0 fully saturated rings. The maximum absolute atomic E-state index is 11.3. The summed E-state index contributed by atoms with van der Waals surface area (Å²) >= 11 is 0. The summed E-state index contributed by atoms with van der Waals surface area (Å²) in [6.45, 7) is 3.48. The average Bonchev–Trinajstić information content (AvgIpc) is 2.88. The molecule has 2 aromatic carbocycles. The third-order valence-corrected chi connectivity index (χ3v) is 5.79. The van der Waals surface area contributed by atoms with E-state index in [2.05, 4.69) is 11.7 Å². The molecule has 0 bridgehead atoms. The van der Waals surface area contributed by atoms with Crippen molar-refractivity contribution in [2.75, 3.05) is 20.8 Å². The van der Waals surface area contributed by atoms with Crippen molar-refractivity contribution in [2.24, 2.45) is 5.16 Å². The zero-order chi connectivity index (χ0) is 24.1. The lowest BCUT2D eigenvalue weighted by atomic mass is 9.92. The van der Waals surface area contributed by atoms with Gasteiger partial charge < -0.3 is 34.0 Å². The van der Waals surface area contributed by atoms with E-state index in [1.54, 1.807) is 50.6 Å². The van der Waals surface area contributed by atoms with E-state index in [-0.39, 0.29) is 18.4 Å². The van der Waals surface area contributed by atoms with Gasteiger partial charge in [-0.3, -0.25) is 0 Å². The molecule has 0 saturated heterocycles. The molecule has 0 aliphatic carbocycles. The quantitative estimate of drug-likeness (QED) is 0.454. The maximum Gasteiger partial charge on any atom is 0.174 e. The largest absolute Gasteiger partial charge is 0.497 e. The van der Waals surface area contributed by atoms with E-state index < -0.39 is 24.4 Å². The Morgan fingerprint density at radius 2 is 1.88 bits per heavy atom. The Kier molecular flexibility index (Phi) is 7.52. The van der Waals surface area contributed by atoms with E-state index in [1.165, 1.54) is 0 Å². The minimum atomic E-state index is -1.14. The minimum Gasteiger partial charge on any atom is -0.497 e. The van der Waals surface area contributed by atoms with E-state index in [0.717, 1.165) is 5.56 Å². The highest BCUT2D eigenvalue weighted by molar-refractivity contribution is 6.07. The van der Waals surface area contributed by atoms with Gasteiger partial charge in [-0.2, -0.15) is 0 Å². The first kappa shape index (κ1) is 23.8. The third-order valence-electron chi connectivity index (χ3n) is 5.79. The van der Waals surface area contributed by atoms with Crippen molar-refractivity contribution < 1.29 is 34.0 Å². The fraction of sp³-hybridized carbons (Fsp3) is 0.346. The van der Waals surface area contributed by atoms with Crippen LogP contribution in [0.1, 0.15) is 23.7 Å². The molecular weight excluding hydrogens is 438 g/mol. The molecule has 4 rings (SSSR count). The molecular formula is C26H29NO7. The predicted molar refractivity (Wildman–Crippen MR) is 126 cm³/mol. The molecule has 2 aliphatic heterocycles. The van der Waals surface area contributed by atoms with Gasteiger partial charge >= 0.3 is 0 Å². The lowest BCUT2D eigenvalue weighted by molar-refractivity contribution is -0.101. The highest BCUT2D eigenvalue weighted by Crippen LogP contribution is 2.38. The van der Waals surface area contributed by atoms with E-state index in [9.17, 15) is 10.2 Å². The second kappa shape index (κ2) is 10.7. The summed E-state index contributed by atoms with van der Waals surface area (Å²) in [5.41, 5.74) is 1.56. The van der Waals surface area contributed by atoms with Crippen molar-refractivity contribution >= 4 is 5.71 Å². The van der Waals surface area contributed by atoms with Gasteiger partial charge in [-0.25, -0.2) is 0 Å². The van der Waals surface area contributed by atoms with Crippen LogP contribution in [0.25, 0.3) is 0 Å². The zero-order valence-electron chi connectivity index (χ0n) is 19.2. The number of methoxy groups -OCH3 is 2. The summed E-state index contributed by atoms with van der Waals surface area (Å²) in [4.78, 5) is 5.79. The van der Waals surface area contributed by atoms with E-state index in [4.69, 9.17) is 23.8 Å². The van der Waals surface area contributed by atoms with E-state index in [1.807, 2.05) is 24.3 Å². The summed E-state index contributed by atoms with van der Waals surface area (Å²) in [7, 11) is 3.14. The summed E-state index contributed by atoms with van der Waals surface area (Å²) in [6.07, 6.45) is 2.76. The van der Waals surface area contributed by atoms with Crippen molar-refractivity contribution in [3.8, 4) is 17.2 Å². The van der Waals surface area contributed by atoms with Crippen LogP contribution < -0.4 is 14.2 Å². The molecule has 180 valence electrons. The summed E-state index contributed by atoms with van der Waals surface area (Å²) < 4.78 is 22.7. The number of oxime groups is 1. The SMILES string of the molecule is C=CC[C@@H]1C=C[C@H](O/N=C2\c3cc(OC)ccc3O[C@H](c3cccc(OC)c3)[C@H]2O)[C@@H](CO)O1. The Morgan fingerprint density at radius 3 is 2.62 bits per heavy atom. The number of aliphatic hydroxyl groups is 2. The van der Waals surface area contributed by atoms with Crippen LogP contribution in [-0.2, 0) is 9.57 Å². The van der Waals surface area contributed by atoms with Crippen LogP contribution >= 0.6 is 0 Å². The van der Waals surface area contributed by atoms with Gasteiger partial charge in [0, 0.05) is 5.56 Å². The fourth-order valence-corrected chi connectivity index (χ4v) is 3.99. The van der Waals surface area contributed by atoms with Crippen molar-refractivity contribution in [2.45, 2.75) is 36.9 Å². The zero-order valence-corrected chi connectivity index (χ0v) is 19.2. The number of nitrogens with zero attached hydrogens (tertiary/aromatic N) is 1. The summed E-state index contributed by atoms with van der Waals surface area (Å²) in [5, 5.41) is 25.4. The van der Waals surface area contributed by atoms with Crippen molar-refractivity contribution in [1.29, 1.82) is 0 Å².